The highest BCUT2D eigenvalue weighted by Gasteiger charge is 2.11. The molecule has 0 aliphatic heterocycles. The van der Waals surface area contributed by atoms with Crippen LogP contribution in [0, 0.1) is 0 Å². The Balaban J connectivity index is 2.08. The molecule has 3 aromatic rings. The third kappa shape index (κ3) is 2.86. The van der Waals surface area contributed by atoms with Crippen LogP contribution in [0.25, 0.3) is 5.76 Å². The molecule has 0 radical (unpaired) electrons. The molecule has 1 N–H and O–H groups in total. The molecule has 108 valence electrons. The van der Waals surface area contributed by atoms with Gasteiger partial charge in [-0.25, -0.2) is 0 Å². The molecule has 3 rings (SSSR count). The zero-order chi connectivity index (χ0) is 15.4. The Morgan fingerprint density at radius 1 is 0.636 bits per heavy atom. The zero-order valence-electron chi connectivity index (χ0n) is 12.2. The summed E-state index contributed by atoms with van der Waals surface area (Å²) in [5, 5.41) is 9.48. The maximum absolute atomic E-state index is 9.48. The van der Waals surface area contributed by atoms with E-state index < -0.39 is 0 Å². The average Bonchev–Trinajstić information content (AvgIpc) is 2.57. The number of hydrogen-bond acceptors (Lipinski definition) is 2. The molecule has 0 fully saturated rings. The fourth-order valence-electron chi connectivity index (χ4n) is 2.40. The SMILES string of the molecule is C=C(O)c1ccc(N(c2ccccc2)c2ccccc2)cc1. The van der Waals surface area contributed by atoms with Gasteiger partial charge in [-0.1, -0.05) is 43.0 Å². The predicted molar refractivity (Wildman–Crippen MR) is 92.8 cm³/mol. The summed E-state index contributed by atoms with van der Waals surface area (Å²) < 4.78 is 0. The van der Waals surface area contributed by atoms with Crippen molar-refractivity contribution in [1.82, 2.24) is 0 Å². The van der Waals surface area contributed by atoms with Crippen LogP contribution in [0.3, 0.4) is 0 Å². The molecule has 0 aromatic heterocycles. The van der Waals surface area contributed by atoms with Crippen LogP contribution in [0.2, 0.25) is 0 Å². The Kier molecular flexibility index (Phi) is 3.92. The van der Waals surface area contributed by atoms with Gasteiger partial charge < -0.3 is 10.0 Å². The van der Waals surface area contributed by atoms with Gasteiger partial charge in [0.15, 0.2) is 0 Å². The number of rotatable bonds is 4. The minimum atomic E-state index is 0.0810. The van der Waals surface area contributed by atoms with Crippen molar-refractivity contribution in [1.29, 1.82) is 0 Å². The van der Waals surface area contributed by atoms with E-state index in [2.05, 4.69) is 35.7 Å². The van der Waals surface area contributed by atoms with Crippen molar-refractivity contribution in [3.63, 3.8) is 0 Å². The van der Waals surface area contributed by atoms with E-state index >= 15 is 0 Å². The van der Waals surface area contributed by atoms with Gasteiger partial charge in [0, 0.05) is 22.6 Å². The Morgan fingerprint density at radius 2 is 1.05 bits per heavy atom. The highest BCUT2D eigenvalue weighted by molar-refractivity contribution is 5.77. The number of aliphatic hydroxyl groups excluding tert-OH is 1. The predicted octanol–water partition coefficient (Wildman–Crippen LogP) is 5.69. The molecule has 0 bridgehead atoms. The van der Waals surface area contributed by atoms with Crippen molar-refractivity contribution in [2.75, 3.05) is 4.90 Å². The Bertz CT molecular complexity index is 709. The lowest BCUT2D eigenvalue weighted by Gasteiger charge is -2.25. The molecule has 0 aliphatic rings. The zero-order valence-corrected chi connectivity index (χ0v) is 12.2. The molecular weight excluding hydrogens is 270 g/mol. The van der Waals surface area contributed by atoms with Crippen molar-refractivity contribution in [3.05, 3.63) is 97.1 Å². The summed E-state index contributed by atoms with van der Waals surface area (Å²) in [6.45, 7) is 3.56. The maximum Gasteiger partial charge on any atom is 0.115 e. The summed E-state index contributed by atoms with van der Waals surface area (Å²) in [4.78, 5) is 2.17. The van der Waals surface area contributed by atoms with E-state index in [9.17, 15) is 5.11 Å². The van der Waals surface area contributed by atoms with Crippen molar-refractivity contribution in [3.8, 4) is 0 Å². The summed E-state index contributed by atoms with van der Waals surface area (Å²) in [6.07, 6.45) is 0. The van der Waals surface area contributed by atoms with E-state index in [1.165, 1.54) is 0 Å². The lowest BCUT2D eigenvalue weighted by Crippen LogP contribution is -2.09. The molecule has 2 nitrogen and oxygen atoms in total. The highest BCUT2D eigenvalue weighted by atomic mass is 16.3. The van der Waals surface area contributed by atoms with Gasteiger partial charge in [0.1, 0.15) is 5.76 Å². The number of aliphatic hydroxyl groups is 1. The fourth-order valence-corrected chi connectivity index (χ4v) is 2.40. The monoisotopic (exact) mass is 287 g/mol. The van der Waals surface area contributed by atoms with Gasteiger partial charge in [0.2, 0.25) is 0 Å². The second-order valence-electron chi connectivity index (χ2n) is 5.00. The smallest absolute Gasteiger partial charge is 0.115 e. The molecule has 0 atom stereocenters. The van der Waals surface area contributed by atoms with Crippen LogP contribution in [-0.4, -0.2) is 5.11 Å². The van der Waals surface area contributed by atoms with Gasteiger partial charge in [0.05, 0.1) is 0 Å². The highest BCUT2D eigenvalue weighted by Crippen LogP contribution is 2.34. The number of para-hydroxylation sites is 2. The van der Waals surface area contributed by atoms with Gasteiger partial charge in [-0.15, -0.1) is 0 Å². The van der Waals surface area contributed by atoms with Gasteiger partial charge in [-0.2, -0.15) is 0 Å². The van der Waals surface area contributed by atoms with E-state index in [0.29, 0.717) is 0 Å². The topological polar surface area (TPSA) is 23.5 Å². The Morgan fingerprint density at radius 3 is 1.45 bits per heavy atom. The maximum atomic E-state index is 9.48. The summed E-state index contributed by atoms with van der Waals surface area (Å²) in [5.74, 6) is 0.0810. The second kappa shape index (κ2) is 6.19. The largest absolute Gasteiger partial charge is 0.508 e. The number of nitrogens with zero attached hydrogens (tertiary/aromatic N) is 1. The first-order chi connectivity index (χ1) is 10.8. The summed E-state index contributed by atoms with van der Waals surface area (Å²) in [6, 6.07) is 28.1. The van der Waals surface area contributed by atoms with Gasteiger partial charge in [-0.3, -0.25) is 0 Å². The lowest BCUT2D eigenvalue weighted by atomic mass is 10.1. The Hall–Kier alpha value is -3.00. The fraction of sp³-hybridized carbons (Fsp3) is 0. The van der Waals surface area contributed by atoms with Crippen LogP contribution in [0.4, 0.5) is 17.1 Å². The molecule has 0 saturated carbocycles. The van der Waals surface area contributed by atoms with Crippen LogP contribution in [0.15, 0.2) is 91.5 Å². The molecule has 0 spiro atoms. The minimum absolute atomic E-state index is 0.0810. The first-order valence-corrected chi connectivity index (χ1v) is 7.14. The first kappa shape index (κ1) is 14.0. The Labute approximate surface area is 130 Å². The first-order valence-electron chi connectivity index (χ1n) is 7.14. The summed E-state index contributed by atoms with van der Waals surface area (Å²) in [7, 11) is 0. The summed E-state index contributed by atoms with van der Waals surface area (Å²) >= 11 is 0. The third-order valence-electron chi connectivity index (χ3n) is 3.49. The molecule has 0 heterocycles. The molecule has 22 heavy (non-hydrogen) atoms. The van der Waals surface area contributed by atoms with Gasteiger partial charge >= 0.3 is 0 Å². The van der Waals surface area contributed by atoms with E-state index in [1.54, 1.807) is 0 Å². The second-order valence-corrected chi connectivity index (χ2v) is 5.00. The molecular formula is C20H17NO. The number of anilines is 3. The standard InChI is InChI=1S/C20H17NO/c1-16(22)17-12-14-20(15-13-17)21(18-8-4-2-5-9-18)19-10-6-3-7-11-19/h2-15,22H,1H2. The molecule has 3 aromatic carbocycles. The van der Waals surface area contributed by atoms with E-state index in [0.717, 1.165) is 22.6 Å². The molecule has 0 aliphatic carbocycles. The van der Waals surface area contributed by atoms with Crippen molar-refractivity contribution in [2.24, 2.45) is 0 Å². The van der Waals surface area contributed by atoms with E-state index in [4.69, 9.17) is 0 Å². The molecule has 0 saturated heterocycles. The molecule has 0 unspecified atom stereocenters. The van der Waals surface area contributed by atoms with Crippen LogP contribution in [0.5, 0.6) is 0 Å². The van der Waals surface area contributed by atoms with Crippen LogP contribution >= 0.6 is 0 Å². The molecule has 2 heteroatoms. The lowest BCUT2D eigenvalue weighted by molar-refractivity contribution is 0.514. The van der Waals surface area contributed by atoms with Crippen molar-refractivity contribution < 1.29 is 5.11 Å². The third-order valence-corrected chi connectivity index (χ3v) is 3.49. The number of hydrogen-bond donors (Lipinski definition) is 1. The average molecular weight is 287 g/mol. The van der Waals surface area contributed by atoms with Gasteiger partial charge in [-0.05, 0) is 48.5 Å². The number of benzene rings is 3. The van der Waals surface area contributed by atoms with Crippen molar-refractivity contribution in [2.45, 2.75) is 0 Å². The van der Waals surface area contributed by atoms with Crippen LogP contribution in [-0.2, 0) is 0 Å². The quantitative estimate of drug-likeness (QED) is 0.623. The normalized spacial score (nSPS) is 10.2. The van der Waals surface area contributed by atoms with E-state index in [-0.39, 0.29) is 5.76 Å². The van der Waals surface area contributed by atoms with Crippen molar-refractivity contribution >= 4 is 22.8 Å². The van der Waals surface area contributed by atoms with E-state index in [1.807, 2.05) is 60.7 Å². The summed E-state index contributed by atoms with van der Waals surface area (Å²) in [5.41, 5.74) is 3.93. The minimum Gasteiger partial charge on any atom is -0.508 e. The molecule has 0 amide bonds. The van der Waals surface area contributed by atoms with Gasteiger partial charge in [0.25, 0.3) is 0 Å². The van der Waals surface area contributed by atoms with Crippen LogP contribution in [0.1, 0.15) is 5.56 Å². The van der Waals surface area contributed by atoms with Crippen LogP contribution < -0.4 is 4.90 Å².